The van der Waals surface area contributed by atoms with E-state index in [1.807, 2.05) is 6.92 Å². The molecule has 0 saturated carbocycles. The van der Waals surface area contributed by atoms with Gasteiger partial charge in [-0.15, -0.1) is 0 Å². The topological polar surface area (TPSA) is 34.4 Å². The van der Waals surface area contributed by atoms with E-state index in [1.54, 1.807) is 6.26 Å². The zero-order valence-corrected chi connectivity index (χ0v) is 8.58. The van der Waals surface area contributed by atoms with Crippen molar-refractivity contribution in [1.82, 2.24) is 5.32 Å². The van der Waals surface area contributed by atoms with Crippen LogP contribution in [0.4, 0.5) is 0 Å². The first-order chi connectivity index (χ1) is 6.84. The standard InChI is InChI=1S/C11H17NO2/c1-9-5-10(8-14-9)6-12-7-11-3-2-4-13-11/h5,8,11-12H,2-4,6-7H2,1H3. The van der Waals surface area contributed by atoms with Gasteiger partial charge in [-0.05, 0) is 25.8 Å². The minimum absolute atomic E-state index is 0.419. The highest BCUT2D eigenvalue weighted by molar-refractivity contribution is 5.11. The lowest BCUT2D eigenvalue weighted by molar-refractivity contribution is 0.110. The maximum Gasteiger partial charge on any atom is 0.101 e. The van der Waals surface area contributed by atoms with Crippen molar-refractivity contribution in [3.63, 3.8) is 0 Å². The first-order valence-electron chi connectivity index (χ1n) is 5.21. The Morgan fingerprint density at radius 1 is 1.57 bits per heavy atom. The molecule has 1 aliphatic heterocycles. The third kappa shape index (κ3) is 2.59. The van der Waals surface area contributed by atoms with Crippen molar-refractivity contribution in [3.8, 4) is 0 Å². The summed E-state index contributed by atoms with van der Waals surface area (Å²) in [6, 6.07) is 2.06. The number of ether oxygens (including phenoxy) is 1. The Labute approximate surface area is 84.4 Å². The van der Waals surface area contributed by atoms with Gasteiger partial charge in [-0.3, -0.25) is 0 Å². The van der Waals surface area contributed by atoms with Crippen LogP contribution in [0.2, 0.25) is 0 Å². The van der Waals surface area contributed by atoms with E-state index in [1.165, 1.54) is 18.4 Å². The molecule has 1 aromatic rings. The van der Waals surface area contributed by atoms with Gasteiger partial charge >= 0.3 is 0 Å². The highest BCUT2D eigenvalue weighted by atomic mass is 16.5. The minimum Gasteiger partial charge on any atom is -0.469 e. The maximum atomic E-state index is 5.51. The predicted octanol–water partition coefficient (Wildman–Crippen LogP) is 1.86. The molecule has 3 heteroatoms. The highest BCUT2D eigenvalue weighted by Gasteiger charge is 2.14. The van der Waals surface area contributed by atoms with E-state index in [0.29, 0.717) is 6.10 Å². The summed E-state index contributed by atoms with van der Waals surface area (Å²) >= 11 is 0. The molecule has 78 valence electrons. The number of furan rings is 1. The summed E-state index contributed by atoms with van der Waals surface area (Å²) in [5.74, 6) is 0.971. The summed E-state index contributed by atoms with van der Waals surface area (Å²) in [6.07, 6.45) is 4.62. The van der Waals surface area contributed by atoms with E-state index >= 15 is 0 Å². The summed E-state index contributed by atoms with van der Waals surface area (Å²) in [6.45, 7) is 4.71. The van der Waals surface area contributed by atoms with Gasteiger partial charge in [0.15, 0.2) is 0 Å². The van der Waals surface area contributed by atoms with Crippen LogP contribution in [0, 0.1) is 6.92 Å². The van der Waals surface area contributed by atoms with E-state index in [-0.39, 0.29) is 0 Å². The van der Waals surface area contributed by atoms with E-state index < -0.39 is 0 Å². The predicted molar refractivity (Wildman–Crippen MR) is 54.1 cm³/mol. The summed E-state index contributed by atoms with van der Waals surface area (Å²) in [4.78, 5) is 0. The van der Waals surface area contributed by atoms with Crippen LogP contribution in [-0.4, -0.2) is 19.3 Å². The Hall–Kier alpha value is -0.800. The second-order valence-electron chi connectivity index (χ2n) is 3.83. The van der Waals surface area contributed by atoms with Crippen LogP contribution in [0.1, 0.15) is 24.2 Å². The molecule has 2 rings (SSSR count). The maximum absolute atomic E-state index is 5.51. The molecular formula is C11H17NO2. The number of nitrogens with one attached hydrogen (secondary N) is 1. The smallest absolute Gasteiger partial charge is 0.101 e. The Bertz CT molecular complexity index is 277. The fourth-order valence-corrected chi connectivity index (χ4v) is 1.77. The summed E-state index contributed by atoms with van der Waals surface area (Å²) < 4.78 is 10.7. The molecule has 0 radical (unpaired) electrons. The van der Waals surface area contributed by atoms with E-state index in [0.717, 1.165) is 25.5 Å². The van der Waals surface area contributed by atoms with Gasteiger partial charge in [0.05, 0.1) is 12.4 Å². The normalized spacial score (nSPS) is 21.6. The van der Waals surface area contributed by atoms with Gasteiger partial charge in [-0.25, -0.2) is 0 Å². The molecule has 0 aromatic carbocycles. The van der Waals surface area contributed by atoms with E-state index in [9.17, 15) is 0 Å². The lowest BCUT2D eigenvalue weighted by atomic mass is 10.2. The fourth-order valence-electron chi connectivity index (χ4n) is 1.77. The van der Waals surface area contributed by atoms with E-state index in [4.69, 9.17) is 9.15 Å². The average Bonchev–Trinajstić information content (AvgIpc) is 2.77. The second kappa shape index (κ2) is 4.62. The van der Waals surface area contributed by atoms with Crippen molar-refractivity contribution < 1.29 is 9.15 Å². The molecule has 1 unspecified atom stereocenters. The van der Waals surface area contributed by atoms with Crippen molar-refractivity contribution in [3.05, 3.63) is 23.7 Å². The molecular weight excluding hydrogens is 178 g/mol. The Balaban J connectivity index is 1.67. The quantitative estimate of drug-likeness (QED) is 0.796. The SMILES string of the molecule is Cc1cc(CNCC2CCCO2)co1. The van der Waals surface area contributed by atoms with Crippen molar-refractivity contribution >= 4 is 0 Å². The monoisotopic (exact) mass is 195 g/mol. The van der Waals surface area contributed by atoms with Crippen LogP contribution >= 0.6 is 0 Å². The molecule has 0 aliphatic carbocycles. The van der Waals surface area contributed by atoms with Crippen LogP contribution in [0.15, 0.2) is 16.7 Å². The van der Waals surface area contributed by atoms with Gasteiger partial charge in [0, 0.05) is 25.3 Å². The number of hydrogen-bond donors (Lipinski definition) is 1. The molecule has 0 bridgehead atoms. The van der Waals surface area contributed by atoms with E-state index in [2.05, 4.69) is 11.4 Å². The first kappa shape index (κ1) is 9.74. The highest BCUT2D eigenvalue weighted by Crippen LogP contribution is 2.11. The van der Waals surface area contributed by atoms with Crippen LogP contribution < -0.4 is 5.32 Å². The zero-order chi connectivity index (χ0) is 9.80. The summed E-state index contributed by atoms with van der Waals surface area (Å²) in [5, 5.41) is 3.37. The fraction of sp³-hybridized carbons (Fsp3) is 0.636. The Kier molecular flexibility index (Phi) is 3.22. The van der Waals surface area contributed by atoms with Crippen LogP contribution in [-0.2, 0) is 11.3 Å². The molecule has 0 spiro atoms. The van der Waals surface area contributed by atoms with Crippen molar-refractivity contribution in [2.24, 2.45) is 0 Å². The Morgan fingerprint density at radius 3 is 3.14 bits per heavy atom. The molecule has 3 nitrogen and oxygen atoms in total. The third-order valence-corrected chi connectivity index (χ3v) is 2.51. The molecule has 0 amide bonds. The second-order valence-corrected chi connectivity index (χ2v) is 3.83. The molecule has 1 atom stereocenters. The van der Waals surface area contributed by atoms with Crippen molar-refractivity contribution in [2.75, 3.05) is 13.2 Å². The molecule has 1 saturated heterocycles. The molecule has 14 heavy (non-hydrogen) atoms. The molecule has 1 N–H and O–H groups in total. The van der Waals surface area contributed by atoms with Gasteiger partial charge in [0.2, 0.25) is 0 Å². The van der Waals surface area contributed by atoms with Gasteiger partial charge in [-0.1, -0.05) is 0 Å². The van der Waals surface area contributed by atoms with Crippen molar-refractivity contribution in [1.29, 1.82) is 0 Å². The number of rotatable bonds is 4. The van der Waals surface area contributed by atoms with Crippen LogP contribution in [0.25, 0.3) is 0 Å². The van der Waals surface area contributed by atoms with Crippen LogP contribution in [0.5, 0.6) is 0 Å². The molecule has 1 fully saturated rings. The van der Waals surface area contributed by atoms with Crippen molar-refractivity contribution in [2.45, 2.75) is 32.4 Å². The first-order valence-corrected chi connectivity index (χ1v) is 5.21. The lowest BCUT2D eigenvalue weighted by Gasteiger charge is -2.09. The molecule has 2 heterocycles. The number of hydrogen-bond acceptors (Lipinski definition) is 3. The van der Waals surface area contributed by atoms with Gasteiger partial charge in [-0.2, -0.15) is 0 Å². The lowest BCUT2D eigenvalue weighted by Crippen LogP contribution is -2.25. The average molecular weight is 195 g/mol. The largest absolute Gasteiger partial charge is 0.469 e. The third-order valence-electron chi connectivity index (χ3n) is 2.51. The summed E-state index contributed by atoms with van der Waals surface area (Å²) in [7, 11) is 0. The van der Waals surface area contributed by atoms with Crippen LogP contribution in [0.3, 0.4) is 0 Å². The van der Waals surface area contributed by atoms with Gasteiger partial charge in [0.1, 0.15) is 5.76 Å². The molecule has 1 aliphatic rings. The minimum atomic E-state index is 0.419. The molecule has 1 aromatic heterocycles. The zero-order valence-electron chi connectivity index (χ0n) is 8.58. The Morgan fingerprint density at radius 2 is 2.50 bits per heavy atom. The van der Waals surface area contributed by atoms with Gasteiger partial charge < -0.3 is 14.5 Å². The number of aryl methyl sites for hydroxylation is 1. The van der Waals surface area contributed by atoms with Gasteiger partial charge in [0.25, 0.3) is 0 Å². The summed E-state index contributed by atoms with van der Waals surface area (Å²) in [5.41, 5.74) is 1.21.